The van der Waals surface area contributed by atoms with E-state index in [1.54, 1.807) is 6.07 Å². The molecule has 0 fully saturated rings. The van der Waals surface area contributed by atoms with E-state index in [0.29, 0.717) is 0 Å². The van der Waals surface area contributed by atoms with Crippen molar-refractivity contribution in [3.63, 3.8) is 0 Å². The number of nitriles is 1. The second-order valence-corrected chi connectivity index (χ2v) is 2.43. The first kappa shape index (κ1) is 10.2. The minimum atomic E-state index is -2.75. The van der Waals surface area contributed by atoms with Gasteiger partial charge in [-0.25, -0.2) is 8.78 Å². The van der Waals surface area contributed by atoms with E-state index in [-0.39, 0.29) is 17.3 Å². The summed E-state index contributed by atoms with van der Waals surface area (Å²) in [5.41, 5.74) is 4.80. The maximum Gasteiger partial charge on any atom is 0.269 e. The lowest BCUT2D eigenvalue weighted by molar-refractivity contribution is 0.146. The molecule has 0 atom stereocenters. The Morgan fingerprint density at radius 1 is 1.64 bits per heavy atom. The number of nitrogen functional groups attached to an aromatic ring is 1. The molecule has 0 saturated heterocycles. The summed E-state index contributed by atoms with van der Waals surface area (Å²) in [4.78, 5) is 3.54. The van der Waals surface area contributed by atoms with Crippen LogP contribution in [0, 0.1) is 11.3 Å². The van der Waals surface area contributed by atoms with Gasteiger partial charge in [-0.3, -0.25) is 0 Å². The molecular formula is C8H7F2N3O. The number of nitrogens with two attached hydrogens (primary N) is 1. The molecule has 0 spiro atoms. The number of aromatic nitrogens is 1. The van der Waals surface area contributed by atoms with Gasteiger partial charge in [0.05, 0.1) is 18.2 Å². The number of hydrogen-bond acceptors (Lipinski definition) is 4. The van der Waals surface area contributed by atoms with Gasteiger partial charge in [-0.2, -0.15) is 10.2 Å². The van der Waals surface area contributed by atoms with Crippen LogP contribution in [0.3, 0.4) is 0 Å². The lowest BCUT2D eigenvalue weighted by Crippen LogP contribution is -2.02. The molecule has 1 rings (SSSR count). The fourth-order valence-electron chi connectivity index (χ4n) is 0.935. The number of methoxy groups -OCH3 is 1. The Balaban J connectivity index is 3.34. The zero-order valence-electron chi connectivity index (χ0n) is 7.29. The van der Waals surface area contributed by atoms with Crippen molar-refractivity contribution in [1.82, 2.24) is 4.98 Å². The van der Waals surface area contributed by atoms with Gasteiger partial charge in [-0.05, 0) is 6.07 Å². The van der Waals surface area contributed by atoms with Crippen molar-refractivity contribution < 1.29 is 13.5 Å². The highest BCUT2D eigenvalue weighted by Crippen LogP contribution is 2.29. The zero-order valence-corrected chi connectivity index (χ0v) is 7.29. The number of hydrogen-bond donors (Lipinski definition) is 1. The van der Waals surface area contributed by atoms with Crippen LogP contribution in [0.5, 0.6) is 5.88 Å². The molecule has 1 aromatic rings. The van der Waals surface area contributed by atoms with Crippen LogP contribution < -0.4 is 10.5 Å². The predicted molar refractivity (Wildman–Crippen MR) is 44.9 cm³/mol. The summed E-state index contributed by atoms with van der Waals surface area (Å²) in [5.74, 6) is -0.370. The van der Waals surface area contributed by atoms with Crippen molar-refractivity contribution >= 4 is 5.82 Å². The van der Waals surface area contributed by atoms with Gasteiger partial charge in [0.2, 0.25) is 5.88 Å². The van der Waals surface area contributed by atoms with Crippen LogP contribution >= 0.6 is 0 Å². The number of pyridine rings is 1. The molecule has 0 aromatic carbocycles. The van der Waals surface area contributed by atoms with Crippen molar-refractivity contribution in [2.24, 2.45) is 0 Å². The number of nitrogens with zero attached hydrogens (tertiary/aromatic N) is 2. The van der Waals surface area contributed by atoms with E-state index in [2.05, 4.69) is 9.72 Å². The normalized spacial score (nSPS) is 9.93. The van der Waals surface area contributed by atoms with Crippen LogP contribution in [0.1, 0.15) is 17.6 Å². The smallest absolute Gasteiger partial charge is 0.269 e. The van der Waals surface area contributed by atoms with Crippen molar-refractivity contribution in [3.8, 4) is 11.9 Å². The number of ether oxygens (including phenoxy) is 1. The predicted octanol–water partition coefficient (Wildman–Crippen LogP) is 1.48. The van der Waals surface area contributed by atoms with Crippen LogP contribution in [0.4, 0.5) is 14.6 Å². The van der Waals surface area contributed by atoms with Gasteiger partial charge in [0, 0.05) is 0 Å². The second-order valence-electron chi connectivity index (χ2n) is 2.43. The van der Waals surface area contributed by atoms with Crippen LogP contribution in [-0.2, 0) is 0 Å². The summed E-state index contributed by atoms with van der Waals surface area (Å²) >= 11 is 0. The maximum absolute atomic E-state index is 12.4. The average molecular weight is 199 g/mol. The highest BCUT2D eigenvalue weighted by atomic mass is 19.3. The molecule has 4 nitrogen and oxygen atoms in total. The molecule has 0 aliphatic carbocycles. The Morgan fingerprint density at radius 2 is 2.29 bits per heavy atom. The van der Waals surface area contributed by atoms with Crippen LogP contribution in [0.2, 0.25) is 0 Å². The SMILES string of the molecule is COc1nc(N)c(C#N)cc1C(F)F. The monoisotopic (exact) mass is 199 g/mol. The molecule has 0 bridgehead atoms. The van der Waals surface area contributed by atoms with E-state index in [1.807, 2.05) is 0 Å². The molecule has 1 heterocycles. The van der Waals surface area contributed by atoms with Gasteiger partial charge in [0.1, 0.15) is 11.9 Å². The molecule has 6 heteroatoms. The zero-order chi connectivity index (χ0) is 10.7. The Morgan fingerprint density at radius 3 is 2.71 bits per heavy atom. The molecule has 0 saturated carbocycles. The number of halogens is 2. The minimum absolute atomic E-state index is 0.0823. The van der Waals surface area contributed by atoms with Crippen molar-refractivity contribution in [3.05, 3.63) is 17.2 Å². The van der Waals surface area contributed by atoms with Crippen LogP contribution in [0.15, 0.2) is 6.07 Å². The van der Waals surface area contributed by atoms with E-state index in [0.717, 1.165) is 6.07 Å². The summed E-state index contributed by atoms with van der Waals surface area (Å²) in [6.45, 7) is 0. The third-order valence-corrected chi connectivity index (χ3v) is 1.59. The number of rotatable bonds is 2. The molecule has 0 radical (unpaired) electrons. The highest BCUT2D eigenvalue weighted by molar-refractivity contribution is 5.52. The van der Waals surface area contributed by atoms with Gasteiger partial charge in [0.15, 0.2) is 0 Å². The van der Waals surface area contributed by atoms with Gasteiger partial charge >= 0.3 is 0 Å². The molecule has 14 heavy (non-hydrogen) atoms. The van der Waals surface area contributed by atoms with E-state index in [9.17, 15) is 8.78 Å². The fraction of sp³-hybridized carbons (Fsp3) is 0.250. The fourth-order valence-corrected chi connectivity index (χ4v) is 0.935. The molecule has 1 aromatic heterocycles. The van der Waals surface area contributed by atoms with Crippen LogP contribution in [-0.4, -0.2) is 12.1 Å². The highest BCUT2D eigenvalue weighted by Gasteiger charge is 2.17. The van der Waals surface area contributed by atoms with Crippen molar-refractivity contribution in [2.45, 2.75) is 6.43 Å². The molecular weight excluding hydrogens is 192 g/mol. The summed E-state index contributed by atoms with van der Waals surface area (Å²) in [6, 6.07) is 2.64. The molecule has 74 valence electrons. The average Bonchev–Trinajstić information content (AvgIpc) is 2.16. The number of alkyl halides is 2. The molecule has 0 unspecified atom stereocenters. The lowest BCUT2D eigenvalue weighted by atomic mass is 10.2. The van der Waals surface area contributed by atoms with E-state index < -0.39 is 12.0 Å². The first-order valence-corrected chi connectivity index (χ1v) is 3.62. The summed E-state index contributed by atoms with van der Waals surface area (Å²) < 4.78 is 29.4. The summed E-state index contributed by atoms with van der Waals surface area (Å²) in [7, 11) is 1.21. The van der Waals surface area contributed by atoms with E-state index in [4.69, 9.17) is 11.0 Å². The lowest BCUT2D eigenvalue weighted by Gasteiger charge is -2.07. The first-order valence-electron chi connectivity index (χ1n) is 3.62. The topological polar surface area (TPSA) is 71.9 Å². The third-order valence-electron chi connectivity index (χ3n) is 1.59. The van der Waals surface area contributed by atoms with Crippen molar-refractivity contribution in [1.29, 1.82) is 5.26 Å². The first-order chi connectivity index (χ1) is 6.60. The minimum Gasteiger partial charge on any atom is -0.481 e. The Kier molecular flexibility index (Phi) is 2.82. The molecule has 2 N–H and O–H groups in total. The molecule has 0 aliphatic heterocycles. The quantitative estimate of drug-likeness (QED) is 0.782. The van der Waals surface area contributed by atoms with Crippen LogP contribution in [0.25, 0.3) is 0 Å². The van der Waals surface area contributed by atoms with E-state index in [1.165, 1.54) is 7.11 Å². The Bertz CT molecular complexity index is 387. The van der Waals surface area contributed by atoms with E-state index >= 15 is 0 Å². The maximum atomic E-state index is 12.4. The van der Waals surface area contributed by atoms with Gasteiger partial charge < -0.3 is 10.5 Å². The third kappa shape index (κ3) is 1.71. The largest absolute Gasteiger partial charge is 0.481 e. The van der Waals surface area contributed by atoms with Crippen molar-refractivity contribution in [2.75, 3.05) is 12.8 Å². The Hall–Kier alpha value is -1.90. The van der Waals surface area contributed by atoms with Gasteiger partial charge in [0.25, 0.3) is 6.43 Å². The summed E-state index contributed by atoms with van der Waals surface area (Å²) in [5, 5.41) is 8.53. The standard InChI is InChI=1S/C8H7F2N3O/c1-14-8-5(6(9)10)2-4(3-11)7(12)13-8/h2,6H,1H3,(H2,12,13). The Labute approximate surface area is 78.9 Å². The van der Waals surface area contributed by atoms with Gasteiger partial charge in [-0.15, -0.1) is 0 Å². The summed E-state index contributed by atoms with van der Waals surface area (Å²) in [6.07, 6.45) is -2.75. The van der Waals surface area contributed by atoms with Gasteiger partial charge in [-0.1, -0.05) is 0 Å². The molecule has 0 amide bonds. The number of anilines is 1. The molecule has 0 aliphatic rings. The second kappa shape index (κ2) is 3.87.